The highest BCUT2D eigenvalue weighted by molar-refractivity contribution is 5.91. The van der Waals surface area contributed by atoms with E-state index >= 15 is 0 Å². The number of hydrogen-bond donors (Lipinski definition) is 1. The highest BCUT2D eigenvalue weighted by atomic mass is 16.5. The van der Waals surface area contributed by atoms with Crippen molar-refractivity contribution < 1.29 is 14.6 Å². The van der Waals surface area contributed by atoms with Crippen LogP contribution in [0.1, 0.15) is 47.8 Å². The van der Waals surface area contributed by atoms with E-state index < -0.39 is 0 Å². The fourth-order valence-corrected chi connectivity index (χ4v) is 2.16. The van der Waals surface area contributed by atoms with Crippen molar-refractivity contribution in [2.24, 2.45) is 4.99 Å². The van der Waals surface area contributed by atoms with E-state index in [1.165, 1.54) is 0 Å². The molecule has 24 heavy (non-hydrogen) atoms. The van der Waals surface area contributed by atoms with Gasteiger partial charge in [0.05, 0.1) is 17.9 Å². The highest BCUT2D eigenvalue weighted by Gasteiger charge is 2.07. The summed E-state index contributed by atoms with van der Waals surface area (Å²) in [5.41, 5.74) is 3.60. The maximum Gasteiger partial charge on any atom is 0.338 e. The van der Waals surface area contributed by atoms with Crippen molar-refractivity contribution in [3.8, 4) is 5.75 Å². The van der Waals surface area contributed by atoms with Gasteiger partial charge in [-0.25, -0.2) is 4.79 Å². The van der Waals surface area contributed by atoms with Crippen LogP contribution in [0, 0.1) is 13.8 Å². The molecule has 0 aliphatic rings. The number of hydrogen-bond acceptors (Lipinski definition) is 4. The highest BCUT2D eigenvalue weighted by Crippen LogP contribution is 2.23. The number of aliphatic imine (C=N–C) groups is 1. The Labute approximate surface area is 143 Å². The van der Waals surface area contributed by atoms with Gasteiger partial charge < -0.3 is 9.84 Å². The summed E-state index contributed by atoms with van der Waals surface area (Å²) in [6.07, 6.45) is 1.60. The monoisotopic (exact) mass is 327 g/mol. The van der Waals surface area contributed by atoms with Crippen molar-refractivity contribution >= 4 is 17.9 Å². The lowest BCUT2D eigenvalue weighted by Crippen LogP contribution is -2.03. The largest absolute Gasteiger partial charge is 0.507 e. The van der Waals surface area contributed by atoms with Gasteiger partial charge in [0.25, 0.3) is 0 Å². The number of carbonyl (C=O) groups is 1. The molecule has 0 spiro atoms. The van der Waals surface area contributed by atoms with E-state index in [0.717, 1.165) is 11.1 Å². The molecular weight excluding hydrogens is 302 g/mol. The molecule has 0 fully saturated rings. The van der Waals surface area contributed by atoms with Crippen LogP contribution in [-0.4, -0.2) is 23.9 Å². The van der Waals surface area contributed by atoms with E-state index in [-0.39, 0.29) is 11.7 Å². The van der Waals surface area contributed by atoms with Crippen LogP contribution in [-0.2, 0) is 4.74 Å². The normalized spacial score (nSPS) is 10.2. The molecule has 2 rings (SSSR count). The van der Waals surface area contributed by atoms with Crippen LogP contribution in [0.15, 0.2) is 41.4 Å². The molecule has 0 aliphatic heterocycles. The SMILES string of the molecule is CC.CCOC(=O)c1cccc(N=Cc2cc(C)cc(C)c2O)c1. The Balaban J connectivity index is 0.00000139. The minimum absolute atomic E-state index is 0.218. The van der Waals surface area contributed by atoms with Crippen LogP contribution < -0.4 is 0 Å². The molecule has 0 unspecified atom stereocenters. The van der Waals surface area contributed by atoms with Crippen LogP contribution >= 0.6 is 0 Å². The molecule has 0 atom stereocenters. The fraction of sp³-hybridized carbons (Fsp3) is 0.300. The number of carbonyl (C=O) groups excluding carboxylic acids is 1. The van der Waals surface area contributed by atoms with Gasteiger partial charge in [0, 0.05) is 11.8 Å². The van der Waals surface area contributed by atoms with E-state index in [4.69, 9.17) is 4.74 Å². The summed E-state index contributed by atoms with van der Waals surface area (Å²) in [5.74, 6) is -0.148. The second-order valence-electron chi connectivity index (χ2n) is 5.05. The number of nitrogens with zero attached hydrogens (tertiary/aromatic N) is 1. The number of aromatic hydroxyl groups is 1. The first-order valence-electron chi connectivity index (χ1n) is 8.12. The summed E-state index contributed by atoms with van der Waals surface area (Å²) in [7, 11) is 0. The average Bonchev–Trinajstić information content (AvgIpc) is 2.59. The van der Waals surface area contributed by atoms with E-state index in [0.29, 0.717) is 23.4 Å². The molecule has 0 amide bonds. The lowest BCUT2D eigenvalue weighted by molar-refractivity contribution is 0.0526. The molecule has 4 heteroatoms. The molecule has 0 saturated carbocycles. The third kappa shape index (κ3) is 5.23. The van der Waals surface area contributed by atoms with Crippen molar-refractivity contribution in [3.63, 3.8) is 0 Å². The smallest absolute Gasteiger partial charge is 0.338 e. The van der Waals surface area contributed by atoms with Crippen LogP contribution in [0.4, 0.5) is 5.69 Å². The minimum Gasteiger partial charge on any atom is -0.507 e. The van der Waals surface area contributed by atoms with Crippen LogP contribution in [0.5, 0.6) is 5.75 Å². The molecule has 2 aromatic rings. The summed E-state index contributed by atoms with van der Waals surface area (Å²) in [4.78, 5) is 16.0. The maximum absolute atomic E-state index is 11.7. The van der Waals surface area contributed by atoms with E-state index in [1.54, 1.807) is 37.4 Å². The predicted octanol–water partition coefficient (Wildman–Crippen LogP) is 4.96. The summed E-state index contributed by atoms with van der Waals surface area (Å²) >= 11 is 0. The van der Waals surface area contributed by atoms with E-state index in [9.17, 15) is 9.90 Å². The quantitative estimate of drug-likeness (QED) is 0.637. The number of esters is 1. The summed E-state index contributed by atoms with van der Waals surface area (Å²) in [5, 5.41) is 10.0. The van der Waals surface area contributed by atoms with Gasteiger partial charge in [-0.2, -0.15) is 0 Å². The number of phenolic OH excluding ortho intramolecular Hbond substituents is 1. The Morgan fingerprint density at radius 3 is 2.58 bits per heavy atom. The number of phenols is 1. The number of benzene rings is 2. The van der Waals surface area contributed by atoms with Gasteiger partial charge in [-0.05, 0) is 56.2 Å². The molecule has 4 nitrogen and oxygen atoms in total. The van der Waals surface area contributed by atoms with Crippen LogP contribution in [0.3, 0.4) is 0 Å². The first-order valence-corrected chi connectivity index (χ1v) is 8.12. The van der Waals surface area contributed by atoms with Gasteiger partial charge in [-0.3, -0.25) is 4.99 Å². The van der Waals surface area contributed by atoms with Crippen molar-refractivity contribution in [1.29, 1.82) is 0 Å². The fourth-order valence-electron chi connectivity index (χ4n) is 2.16. The molecule has 0 aliphatic carbocycles. The van der Waals surface area contributed by atoms with Crippen LogP contribution in [0.2, 0.25) is 0 Å². The Morgan fingerprint density at radius 2 is 1.92 bits per heavy atom. The molecule has 1 N–H and O–H groups in total. The lowest BCUT2D eigenvalue weighted by atomic mass is 10.1. The Bertz CT molecular complexity index is 721. The molecular formula is C20H25NO3. The van der Waals surface area contributed by atoms with Gasteiger partial charge in [-0.15, -0.1) is 0 Å². The lowest BCUT2D eigenvalue weighted by Gasteiger charge is -2.05. The average molecular weight is 327 g/mol. The Morgan fingerprint density at radius 1 is 1.21 bits per heavy atom. The van der Waals surface area contributed by atoms with Gasteiger partial charge in [0.1, 0.15) is 5.75 Å². The zero-order valence-electron chi connectivity index (χ0n) is 15.0. The number of aryl methyl sites for hydroxylation is 2. The Hall–Kier alpha value is -2.62. The molecule has 2 aromatic carbocycles. The van der Waals surface area contributed by atoms with Crippen molar-refractivity contribution in [1.82, 2.24) is 0 Å². The summed E-state index contributed by atoms with van der Waals surface area (Å²) in [6.45, 7) is 9.91. The van der Waals surface area contributed by atoms with Crippen molar-refractivity contribution in [3.05, 3.63) is 58.7 Å². The first-order chi connectivity index (χ1) is 11.5. The molecule has 0 bridgehead atoms. The third-order valence-electron chi connectivity index (χ3n) is 3.18. The molecule has 0 saturated heterocycles. The standard InChI is InChI=1S/C18H19NO3.C2H6/c1-4-22-18(21)14-6-5-7-16(10-14)19-11-15-9-12(2)8-13(3)17(15)20;1-2/h5-11,20H,4H2,1-3H3;1-2H3. The zero-order chi connectivity index (χ0) is 18.1. The van der Waals surface area contributed by atoms with Gasteiger partial charge >= 0.3 is 5.97 Å². The molecule has 128 valence electrons. The Kier molecular flexibility index (Phi) is 7.69. The molecule has 0 radical (unpaired) electrons. The second kappa shape index (κ2) is 9.50. The van der Waals surface area contributed by atoms with Crippen molar-refractivity contribution in [2.45, 2.75) is 34.6 Å². The van der Waals surface area contributed by atoms with Gasteiger partial charge in [0.2, 0.25) is 0 Å². The molecule has 0 heterocycles. The maximum atomic E-state index is 11.7. The van der Waals surface area contributed by atoms with Gasteiger partial charge in [-0.1, -0.05) is 26.0 Å². The predicted molar refractivity (Wildman–Crippen MR) is 98.6 cm³/mol. The zero-order valence-corrected chi connectivity index (χ0v) is 15.0. The van der Waals surface area contributed by atoms with E-state index in [2.05, 4.69) is 4.99 Å². The number of ether oxygens (including phenoxy) is 1. The first kappa shape index (κ1) is 19.4. The van der Waals surface area contributed by atoms with E-state index in [1.807, 2.05) is 39.8 Å². The topological polar surface area (TPSA) is 58.9 Å². The molecule has 0 aromatic heterocycles. The van der Waals surface area contributed by atoms with Gasteiger partial charge in [0.15, 0.2) is 0 Å². The summed E-state index contributed by atoms with van der Waals surface area (Å²) < 4.78 is 4.97. The summed E-state index contributed by atoms with van der Waals surface area (Å²) in [6, 6.07) is 10.7. The number of rotatable bonds is 4. The second-order valence-corrected chi connectivity index (χ2v) is 5.05. The van der Waals surface area contributed by atoms with Crippen molar-refractivity contribution in [2.75, 3.05) is 6.61 Å². The van der Waals surface area contributed by atoms with Crippen LogP contribution in [0.25, 0.3) is 0 Å². The minimum atomic E-state index is -0.367. The third-order valence-corrected chi connectivity index (χ3v) is 3.18.